The topological polar surface area (TPSA) is 73.0 Å². The summed E-state index contributed by atoms with van der Waals surface area (Å²) < 4.78 is 7.59. The molecule has 2 aromatic carbocycles. The van der Waals surface area contributed by atoms with Gasteiger partial charge in [0.25, 0.3) is 5.91 Å². The van der Waals surface area contributed by atoms with Gasteiger partial charge in [0, 0.05) is 30.4 Å². The molecule has 0 radical (unpaired) electrons. The third kappa shape index (κ3) is 3.21. The number of aromatic nitrogens is 3. The largest absolute Gasteiger partial charge is 0.440 e. The number of rotatable bonds is 5. The average Bonchev–Trinajstić information content (AvgIpc) is 3.24. The monoisotopic (exact) mass is 358 g/mol. The van der Waals surface area contributed by atoms with E-state index in [1.54, 1.807) is 23.0 Å². The molecular formula is C21H18N4O2. The van der Waals surface area contributed by atoms with E-state index in [1.165, 1.54) is 0 Å². The molecule has 0 unspecified atom stereocenters. The Hall–Kier alpha value is -3.41. The summed E-state index contributed by atoms with van der Waals surface area (Å²) in [6.45, 7) is 0.458. The standard InChI is InChI=1S/C21H18N4O2/c26-20(16-6-9-18-19(12-16)27-21(24-18)15-4-5-15)22-13-14-2-7-17(8-3-14)25-11-1-10-23-25/h1-3,6-12,15H,4-5,13H2,(H,22,26). The number of benzene rings is 2. The maximum absolute atomic E-state index is 12.5. The maximum Gasteiger partial charge on any atom is 0.251 e. The van der Waals surface area contributed by atoms with Crippen LogP contribution in [0.5, 0.6) is 0 Å². The Kier molecular flexibility index (Phi) is 3.74. The van der Waals surface area contributed by atoms with Gasteiger partial charge in [-0.05, 0) is 54.8 Å². The van der Waals surface area contributed by atoms with Gasteiger partial charge in [0.15, 0.2) is 11.5 Å². The first-order valence-electron chi connectivity index (χ1n) is 9.04. The van der Waals surface area contributed by atoms with Crippen molar-refractivity contribution >= 4 is 17.0 Å². The van der Waals surface area contributed by atoms with E-state index in [-0.39, 0.29) is 5.91 Å². The first-order valence-corrected chi connectivity index (χ1v) is 9.04. The van der Waals surface area contributed by atoms with Gasteiger partial charge in [-0.25, -0.2) is 9.67 Å². The third-order valence-corrected chi connectivity index (χ3v) is 4.75. The number of hydrogen-bond acceptors (Lipinski definition) is 4. The van der Waals surface area contributed by atoms with Gasteiger partial charge in [-0.1, -0.05) is 12.1 Å². The lowest BCUT2D eigenvalue weighted by Gasteiger charge is -2.07. The summed E-state index contributed by atoms with van der Waals surface area (Å²) in [4.78, 5) is 17.0. The minimum atomic E-state index is -0.127. The summed E-state index contributed by atoms with van der Waals surface area (Å²) in [7, 11) is 0. The van der Waals surface area contributed by atoms with Gasteiger partial charge < -0.3 is 9.73 Å². The van der Waals surface area contributed by atoms with Crippen molar-refractivity contribution in [2.75, 3.05) is 0 Å². The Morgan fingerprint density at radius 3 is 2.78 bits per heavy atom. The van der Waals surface area contributed by atoms with Crippen molar-refractivity contribution in [2.45, 2.75) is 25.3 Å². The number of hydrogen-bond donors (Lipinski definition) is 1. The third-order valence-electron chi connectivity index (χ3n) is 4.75. The molecule has 0 aliphatic heterocycles. The Morgan fingerprint density at radius 1 is 1.19 bits per heavy atom. The van der Waals surface area contributed by atoms with Crippen LogP contribution in [0.1, 0.15) is 40.6 Å². The summed E-state index contributed by atoms with van der Waals surface area (Å²) in [5.74, 6) is 1.12. The first-order chi connectivity index (χ1) is 13.3. The van der Waals surface area contributed by atoms with Crippen molar-refractivity contribution in [3.63, 3.8) is 0 Å². The number of nitrogens with one attached hydrogen (secondary N) is 1. The molecule has 5 rings (SSSR count). The zero-order valence-electron chi connectivity index (χ0n) is 14.6. The fourth-order valence-electron chi connectivity index (χ4n) is 3.06. The van der Waals surface area contributed by atoms with E-state index in [2.05, 4.69) is 15.4 Å². The highest BCUT2D eigenvalue weighted by molar-refractivity contribution is 5.97. The van der Waals surface area contributed by atoms with Crippen LogP contribution in [0.2, 0.25) is 0 Å². The van der Waals surface area contributed by atoms with Crippen molar-refractivity contribution in [3.8, 4) is 5.69 Å². The minimum absolute atomic E-state index is 0.127. The lowest BCUT2D eigenvalue weighted by molar-refractivity contribution is 0.0951. The predicted octanol–water partition coefficient (Wildman–Crippen LogP) is 3.82. The second-order valence-electron chi connectivity index (χ2n) is 6.81. The lowest BCUT2D eigenvalue weighted by atomic mass is 10.1. The summed E-state index contributed by atoms with van der Waals surface area (Å²) in [5, 5.41) is 7.16. The summed E-state index contributed by atoms with van der Waals surface area (Å²) in [5.41, 5.74) is 4.07. The molecule has 1 amide bonds. The quantitative estimate of drug-likeness (QED) is 0.589. The SMILES string of the molecule is O=C(NCc1ccc(-n2cccn2)cc1)c1ccc2nc(C3CC3)oc2c1. The molecule has 1 aliphatic rings. The molecule has 134 valence electrons. The van der Waals surface area contributed by atoms with E-state index >= 15 is 0 Å². The number of amides is 1. The van der Waals surface area contributed by atoms with Gasteiger partial charge in [0.2, 0.25) is 0 Å². The Balaban J connectivity index is 1.26. The van der Waals surface area contributed by atoms with Gasteiger partial charge in [-0.2, -0.15) is 5.10 Å². The van der Waals surface area contributed by atoms with Gasteiger partial charge in [0.1, 0.15) is 5.52 Å². The summed E-state index contributed by atoms with van der Waals surface area (Å²) >= 11 is 0. The second kappa shape index (κ2) is 6.39. The van der Waals surface area contributed by atoms with Gasteiger partial charge in [0.05, 0.1) is 5.69 Å². The highest BCUT2D eigenvalue weighted by Crippen LogP contribution is 2.40. The average molecular weight is 358 g/mol. The van der Waals surface area contributed by atoms with Crippen molar-refractivity contribution < 1.29 is 9.21 Å². The smallest absolute Gasteiger partial charge is 0.251 e. The normalized spacial score (nSPS) is 13.8. The molecule has 1 saturated carbocycles. The summed E-state index contributed by atoms with van der Waals surface area (Å²) in [6, 6.07) is 15.2. The highest BCUT2D eigenvalue weighted by Gasteiger charge is 2.29. The van der Waals surface area contributed by atoms with Crippen LogP contribution >= 0.6 is 0 Å². The van der Waals surface area contributed by atoms with E-state index in [4.69, 9.17) is 4.42 Å². The number of carbonyl (C=O) groups excluding carboxylic acids is 1. The summed E-state index contributed by atoms with van der Waals surface area (Å²) in [6.07, 6.45) is 5.91. The molecule has 6 nitrogen and oxygen atoms in total. The fraction of sp³-hybridized carbons (Fsp3) is 0.190. The molecule has 0 bridgehead atoms. The molecule has 2 heterocycles. The van der Waals surface area contributed by atoms with E-state index in [1.807, 2.05) is 42.6 Å². The molecule has 2 aromatic heterocycles. The molecule has 4 aromatic rings. The molecule has 6 heteroatoms. The fourth-order valence-corrected chi connectivity index (χ4v) is 3.06. The van der Waals surface area contributed by atoms with Gasteiger partial charge >= 0.3 is 0 Å². The van der Waals surface area contributed by atoms with E-state index in [0.717, 1.165) is 35.5 Å². The van der Waals surface area contributed by atoms with E-state index < -0.39 is 0 Å². The Morgan fingerprint density at radius 2 is 2.04 bits per heavy atom. The van der Waals surface area contributed by atoms with Crippen LogP contribution in [0.25, 0.3) is 16.8 Å². The van der Waals surface area contributed by atoms with E-state index in [9.17, 15) is 4.79 Å². The number of nitrogens with zero attached hydrogens (tertiary/aromatic N) is 3. The van der Waals surface area contributed by atoms with Crippen LogP contribution in [0.4, 0.5) is 0 Å². The van der Waals surface area contributed by atoms with Crippen LogP contribution < -0.4 is 5.32 Å². The molecule has 1 aliphatic carbocycles. The van der Waals surface area contributed by atoms with Gasteiger partial charge in [-0.3, -0.25) is 4.79 Å². The van der Waals surface area contributed by atoms with Crippen molar-refractivity contribution in [1.82, 2.24) is 20.1 Å². The Bertz CT molecular complexity index is 1090. The minimum Gasteiger partial charge on any atom is -0.440 e. The molecule has 1 N–H and O–H groups in total. The van der Waals surface area contributed by atoms with Crippen LogP contribution in [0.15, 0.2) is 65.3 Å². The molecule has 0 atom stereocenters. The van der Waals surface area contributed by atoms with Crippen molar-refractivity contribution in [1.29, 1.82) is 0 Å². The lowest BCUT2D eigenvalue weighted by Crippen LogP contribution is -2.22. The van der Waals surface area contributed by atoms with Crippen LogP contribution in [-0.2, 0) is 6.54 Å². The Labute approximate surface area is 155 Å². The molecule has 0 saturated heterocycles. The zero-order chi connectivity index (χ0) is 18.2. The van der Waals surface area contributed by atoms with Crippen LogP contribution in [0, 0.1) is 0 Å². The van der Waals surface area contributed by atoms with E-state index in [0.29, 0.717) is 23.6 Å². The van der Waals surface area contributed by atoms with Crippen molar-refractivity contribution in [3.05, 3.63) is 77.9 Å². The first kappa shape index (κ1) is 15.8. The zero-order valence-corrected chi connectivity index (χ0v) is 14.6. The number of oxazole rings is 1. The number of carbonyl (C=O) groups is 1. The predicted molar refractivity (Wildman–Crippen MR) is 101 cm³/mol. The van der Waals surface area contributed by atoms with Crippen molar-refractivity contribution in [2.24, 2.45) is 0 Å². The van der Waals surface area contributed by atoms with Gasteiger partial charge in [-0.15, -0.1) is 0 Å². The highest BCUT2D eigenvalue weighted by atomic mass is 16.3. The maximum atomic E-state index is 12.5. The second-order valence-corrected chi connectivity index (χ2v) is 6.81. The molecule has 27 heavy (non-hydrogen) atoms. The van der Waals surface area contributed by atoms with Crippen LogP contribution in [-0.4, -0.2) is 20.7 Å². The molecular weight excluding hydrogens is 340 g/mol. The van der Waals surface area contributed by atoms with Crippen LogP contribution in [0.3, 0.4) is 0 Å². The molecule has 0 spiro atoms. The number of fused-ring (bicyclic) bond motifs is 1. The molecule has 1 fully saturated rings.